The smallest absolute Gasteiger partial charge is 0.241 e. The largest absolute Gasteiger partial charge is 0.326 e. The summed E-state index contributed by atoms with van der Waals surface area (Å²) in [6, 6.07) is 4.07. The van der Waals surface area contributed by atoms with Crippen LogP contribution in [0.2, 0.25) is 0 Å². The van der Waals surface area contributed by atoms with E-state index in [2.05, 4.69) is 10.0 Å². The van der Waals surface area contributed by atoms with Crippen LogP contribution in [0.15, 0.2) is 23.1 Å². The number of rotatable bonds is 5. The number of nitrogens with zero attached hydrogens (tertiary/aromatic N) is 1. The molecule has 2 bridgehead atoms. The molecule has 2 fully saturated rings. The summed E-state index contributed by atoms with van der Waals surface area (Å²) in [6.07, 6.45) is 3.70. The fourth-order valence-electron chi connectivity index (χ4n) is 4.29. The van der Waals surface area contributed by atoms with Gasteiger partial charge in [0.15, 0.2) is 0 Å². The fraction of sp³-hybridized carbons (Fsp3) is 0.588. The van der Waals surface area contributed by atoms with Gasteiger partial charge in [-0.15, -0.1) is 0 Å². The van der Waals surface area contributed by atoms with E-state index < -0.39 is 20.0 Å². The van der Waals surface area contributed by atoms with Gasteiger partial charge in [0.25, 0.3) is 0 Å². The predicted molar refractivity (Wildman–Crippen MR) is 102 cm³/mol. The topological polar surface area (TPSA) is 113 Å². The lowest BCUT2D eigenvalue weighted by Gasteiger charge is -2.37. The first-order chi connectivity index (χ1) is 12.5. The molecule has 2 unspecified atom stereocenters. The second-order valence-electron chi connectivity index (χ2n) is 7.43. The third-order valence-electron chi connectivity index (χ3n) is 5.16. The molecule has 27 heavy (non-hydrogen) atoms. The van der Waals surface area contributed by atoms with Crippen LogP contribution in [0.5, 0.6) is 0 Å². The van der Waals surface area contributed by atoms with E-state index in [4.69, 9.17) is 0 Å². The number of sulfonamides is 2. The quantitative estimate of drug-likeness (QED) is 0.750. The molecule has 2 aliphatic heterocycles. The van der Waals surface area contributed by atoms with Crippen molar-refractivity contribution in [2.45, 2.75) is 62.6 Å². The Morgan fingerprint density at radius 1 is 1.11 bits per heavy atom. The Labute approximate surface area is 160 Å². The Bertz CT molecular complexity index is 945. The molecule has 3 rings (SSSR count). The highest BCUT2D eigenvalue weighted by Crippen LogP contribution is 2.38. The van der Waals surface area contributed by atoms with Crippen LogP contribution in [0.3, 0.4) is 0 Å². The summed E-state index contributed by atoms with van der Waals surface area (Å²) in [5.74, 6) is -0.226. The van der Waals surface area contributed by atoms with E-state index in [-0.39, 0.29) is 28.9 Å². The lowest BCUT2D eigenvalue weighted by atomic mass is 10.0. The van der Waals surface area contributed by atoms with Gasteiger partial charge in [-0.3, -0.25) is 4.79 Å². The molecule has 0 aliphatic carbocycles. The Morgan fingerprint density at radius 2 is 1.70 bits per heavy atom. The molecular weight excluding hydrogens is 390 g/mol. The van der Waals surface area contributed by atoms with Gasteiger partial charge in [-0.25, -0.2) is 21.6 Å². The van der Waals surface area contributed by atoms with E-state index in [0.717, 1.165) is 12.8 Å². The van der Waals surface area contributed by atoms with E-state index in [1.165, 1.54) is 19.2 Å². The first kappa shape index (κ1) is 20.2. The van der Waals surface area contributed by atoms with E-state index >= 15 is 0 Å². The van der Waals surface area contributed by atoms with Gasteiger partial charge >= 0.3 is 0 Å². The Kier molecular flexibility index (Phi) is 5.37. The van der Waals surface area contributed by atoms with Gasteiger partial charge in [-0.05, 0) is 56.4 Å². The van der Waals surface area contributed by atoms with Crippen molar-refractivity contribution in [2.75, 3.05) is 11.6 Å². The standard InChI is InChI=1S/C17H25N3O5S2/c1-11-8-13(18-12(2)21)4-7-17(11)27(24,25)19-14-9-15-5-6-16(10-14)20(15)26(3,22)23/h4,7-8,14-16,19H,5-6,9-10H2,1-3H3,(H,18,21). The summed E-state index contributed by atoms with van der Waals surface area (Å²) >= 11 is 0. The van der Waals surface area contributed by atoms with E-state index in [1.807, 2.05) is 0 Å². The molecule has 0 aromatic heterocycles. The van der Waals surface area contributed by atoms with Gasteiger partial charge in [-0.1, -0.05) is 0 Å². The van der Waals surface area contributed by atoms with Crippen molar-refractivity contribution in [3.63, 3.8) is 0 Å². The highest BCUT2D eigenvalue weighted by atomic mass is 32.2. The zero-order chi connectivity index (χ0) is 20.0. The summed E-state index contributed by atoms with van der Waals surface area (Å²) in [5, 5.41) is 2.63. The van der Waals surface area contributed by atoms with Crippen LogP contribution in [0, 0.1) is 6.92 Å². The maximum atomic E-state index is 12.8. The fourth-order valence-corrected chi connectivity index (χ4v) is 7.24. The van der Waals surface area contributed by atoms with Gasteiger partial charge in [0.05, 0.1) is 11.2 Å². The second-order valence-corrected chi connectivity index (χ2v) is 11.0. The van der Waals surface area contributed by atoms with Crippen molar-refractivity contribution in [2.24, 2.45) is 0 Å². The van der Waals surface area contributed by atoms with Gasteiger partial charge < -0.3 is 5.32 Å². The molecule has 2 aliphatic rings. The van der Waals surface area contributed by atoms with Crippen LogP contribution in [0.25, 0.3) is 0 Å². The van der Waals surface area contributed by atoms with Crippen LogP contribution in [-0.2, 0) is 24.8 Å². The number of aryl methyl sites for hydroxylation is 1. The normalized spacial score (nSPS) is 26.1. The van der Waals surface area contributed by atoms with Crippen LogP contribution < -0.4 is 10.0 Å². The Hall–Kier alpha value is -1.49. The lowest BCUT2D eigenvalue weighted by molar-refractivity contribution is -0.114. The number of fused-ring (bicyclic) bond motifs is 2. The summed E-state index contributed by atoms with van der Waals surface area (Å²) in [5.41, 5.74) is 1.07. The zero-order valence-corrected chi connectivity index (χ0v) is 17.2. The number of amides is 1. The first-order valence-corrected chi connectivity index (χ1v) is 12.2. The van der Waals surface area contributed by atoms with Gasteiger partial charge in [0, 0.05) is 30.7 Å². The zero-order valence-electron chi connectivity index (χ0n) is 15.6. The van der Waals surface area contributed by atoms with Crippen molar-refractivity contribution in [3.05, 3.63) is 23.8 Å². The third-order valence-corrected chi connectivity index (χ3v) is 8.20. The van der Waals surface area contributed by atoms with Crippen molar-refractivity contribution in [1.29, 1.82) is 0 Å². The predicted octanol–water partition coefficient (Wildman–Crippen LogP) is 1.19. The number of hydrogen-bond donors (Lipinski definition) is 2. The summed E-state index contributed by atoms with van der Waals surface area (Å²) < 4.78 is 53.9. The van der Waals surface area contributed by atoms with Crippen molar-refractivity contribution in [1.82, 2.24) is 9.03 Å². The summed E-state index contributed by atoms with van der Waals surface area (Å²) in [4.78, 5) is 11.3. The molecule has 2 N–H and O–H groups in total. The molecule has 0 spiro atoms. The molecule has 10 heteroatoms. The van der Waals surface area contributed by atoms with Crippen molar-refractivity contribution >= 4 is 31.6 Å². The molecule has 2 atom stereocenters. The van der Waals surface area contributed by atoms with Crippen molar-refractivity contribution in [3.8, 4) is 0 Å². The molecule has 1 aromatic rings. The first-order valence-electron chi connectivity index (χ1n) is 8.86. The average Bonchev–Trinajstić information content (AvgIpc) is 2.78. The van der Waals surface area contributed by atoms with E-state index in [0.29, 0.717) is 24.1 Å². The maximum absolute atomic E-state index is 12.8. The number of anilines is 1. The molecular formula is C17H25N3O5S2. The minimum Gasteiger partial charge on any atom is -0.326 e. The lowest BCUT2D eigenvalue weighted by Crippen LogP contribution is -2.52. The number of benzene rings is 1. The molecule has 0 radical (unpaired) electrons. The molecule has 1 amide bonds. The highest BCUT2D eigenvalue weighted by Gasteiger charge is 2.46. The second kappa shape index (κ2) is 7.16. The Balaban J connectivity index is 1.76. The van der Waals surface area contributed by atoms with E-state index in [9.17, 15) is 21.6 Å². The van der Waals surface area contributed by atoms with E-state index in [1.54, 1.807) is 23.4 Å². The van der Waals surface area contributed by atoms with Gasteiger partial charge in [0.2, 0.25) is 26.0 Å². The van der Waals surface area contributed by atoms with Gasteiger partial charge in [0.1, 0.15) is 0 Å². The highest BCUT2D eigenvalue weighted by molar-refractivity contribution is 7.89. The average molecular weight is 416 g/mol. The maximum Gasteiger partial charge on any atom is 0.241 e. The molecule has 8 nitrogen and oxygen atoms in total. The Morgan fingerprint density at radius 3 is 2.19 bits per heavy atom. The molecule has 2 heterocycles. The summed E-state index contributed by atoms with van der Waals surface area (Å²) in [7, 11) is -7.02. The van der Waals surface area contributed by atoms with Crippen LogP contribution in [-0.4, -0.2) is 51.4 Å². The monoisotopic (exact) mass is 415 g/mol. The van der Waals surface area contributed by atoms with Crippen LogP contribution in [0.1, 0.15) is 38.2 Å². The van der Waals surface area contributed by atoms with Crippen molar-refractivity contribution < 1.29 is 21.6 Å². The minimum atomic E-state index is -3.74. The number of piperidine rings is 1. The number of nitrogens with one attached hydrogen (secondary N) is 2. The van der Waals surface area contributed by atoms with Crippen LogP contribution in [0.4, 0.5) is 5.69 Å². The molecule has 150 valence electrons. The minimum absolute atomic E-state index is 0.144. The summed E-state index contributed by atoms with van der Waals surface area (Å²) in [6.45, 7) is 3.06. The molecule has 0 saturated carbocycles. The number of carbonyl (C=O) groups is 1. The van der Waals surface area contributed by atoms with Crippen LogP contribution >= 0.6 is 0 Å². The molecule has 1 aromatic carbocycles. The van der Waals surface area contributed by atoms with Gasteiger partial charge in [-0.2, -0.15) is 4.31 Å². The number of carbonyl (C=O) groups excluding carboxylic acids is 1. The molecule has 2 saturated heterocycles. The third kappa shape index (κ3) is 4.34. The SMILES string of the molecule is CC(=O)Nc1ccc(S(=O)(=O)NC2CC3CCC(C2)N3S(C)(=O)=O)c(C)c1. The number of hydrogen-bond acceptors (Lipinski definition) is 5.